The third-order valence-electron chi connectivity index (χ3n) is 6.97. The van der Waals surface area contributed by atoms with Crippen LogP contribution in [0, 0.1) is 0 Å². The zero-order valence-corrected chi connectivity index (χ0v) is 20.3. The smallest absolute Gasteiger partial charge is 0.393 e. The predicted octanol–water partition coefficient (Wildman–Crippen LogP) is 4.08. The van der Waals surface area contributed by atoms with Crippen molar-refractivity contribution >= 4 is 23.2 Å². The summed E-state index contributed by atoms with van der Waals surface area (Å²) in [6.07, 6.45) is -0.253. The van der Waals surface area contributed by atoms with E-state index in [0.717, 1.165) is 18.9 Å². The van der Waals surface area contributed by atoms with Crippen LogP contribution in [-0.2, 0) is 12.6 Å². The van der Waals surface area contributed by atoms with E-state index in [4.69, 9.17) is 5.73 Å². The quantitative estimate of drug-likeness (QED) is 0.383. The normalized spacial score (nSPS) is 21.2. The summed E-state index contributed by atoms with van der Waals surface area (Å²) in [6, 6.07) is 4.21. The van der Waals surface area contributed by atoms with Crippen molar-refractivity contribution in [1.29, 1.82) is 0 Å². The number of hydrogen-bond acceptors (Lipinski definition) is 7. The van der Waals surface area contributed by atoms with Gasteiger partial charge >= 0.3 is 6.18 Å². The molecule has 196 valence electrons. The van der Waals surface area contributed by atoms with Gasteiger partial charge in [0, 0.05) is 11.7 Å². The van der Waals surface area contributed by atoms with Crippen molar-refractivity contribution in [3.63, 3.8) is 0 Å². The minimum Gasteiger partial charge on any atom is -0.393 e. The molecular weight excluding hydrogens is 473 g/mol. The molecule has 1 aliphatic heterocycles. The summed E-state index contributed by atoms with van der Waals surface area (Å²) in [5, 5.41) is 19.2. The van der Waals surface area contributed by atoms with Gasteiger partial charge < -0.3 is 26.8 Å². The number of amides is 1. The average molecular weight is 507 g/mol. The van der Waals surface area contributed by atoms with Crippen molar-refractivity contribution in [1.82, 2.24) is 15.3 Å². The van der Waals surface area contributed by atoms with Gasteiger partial charge in [0.25, 0.3) is 5.91 Å². The maximum atomic E-state index is 14.0. The van der Waals surface area contributed by atoms with E-state index in [2.05, 4.69) is 25.9 Å². The summed E-state index contributed by atoms with van der Waals surface area (Å²) in [5.41, 5.74) is 5.68. The molecular formula is C25H33F3N6O2. The summed E-state index contributed by atoms with van der Waals surface area (Å²) >= 11 is 0. The fraction of sp³-hybridized carbons (Fsp3) is 0.560. The fourth-order valence-corrected chi connectivity index (χ4v) is 5.01. The number of benzene rings is 1. The van der Waals surface area contributed by atoms with Crippen molar-refractivity contribution in [2.75, 3.05) is 23.7 Å². The highest BCUT2D eigenvalue weighted by Crippen LogP contribution is 2.40. The van der Waals surface area contributed by atoms with Crippen LogP contribution in [0.5, 0.6) is 0 Å². The lowest BCUT2D eigenvalue weighted by Gasteiger charge is -2.27. The molecule has 1 saturated carbocycles. The maximum absolute atomic E-state index is 14.0. The molecule has 1 amide bonds. The van der Waals surface area contributed by atoms with Gasteiger partial charge in [-0.15, -0.1) is 0 Å². The summed E-state index contributed by atoms with van der Waals surface area (Å²) in [5.74, 6) is -0.546. The number of halogens is 3. The van der Waals surface area contributed by atoms with Crippen molar-refractivity contribution in [2.45, 2.75) is 76.1 Å². The van der Waals surface area contributed by atoms with E-state index in [9.17, 15) is 23.1 Å². The van der Waals surface area contributed by atoms with Gasteiger partial charge in [-0.2, -0.15) is 13.2 Å². The van der Waals surface area contributed by atoms with Crippen LogP contribution in [0.2, 0.25) is 0 Å². The minimum atomic E-state index is -4.53. The van der Waals surface area contributed by atoms with E-state index in [-0.39, 0.29) is 40.8 Å². The minimum absolute atomic E-state index is 0.000727. The highest BCUT2D eigenvalue weighted by Gasteiger charge is 2.36. The molecule has 0 bridgehead atoms. The standard InChI is InChI=1S/C25H33F3N6O2/c1-2-20-23(31-15-3-6-17(35)7-4-15)34-24(21(33-20)22(29)36)32-16-5-8-18(14-9-11-30-12-10-14)19(13-16)25(26,27)28/h5,8,13-15,17,30,35H,2-4,6-7,9-12H2,1H3,(H2,29,36)(H2,31,32,34). The van der Waals surface area contributed by atoms with E-state index >= 15 is 0 Å². The summed E-state index contributed by atoms with van der Waals surface area (Å²) in [6.45, 7) is 3.23. The van der Waals surface area contributed by atoms with Crippen LogP contribution in [0.25, 0.3) is 0 Å². The molecule has 8 nitrogen and oxygen atoms in total. The molecule has 4 rings (SSSR count). The highest BCUT2D eigenvalue weighted by atomic mass is 19.4. The summed E-state index contributed by atoms with van der Waals surface area (Å²) in [4.78, 5) is 21.1. The van der Waals surface area contributed by atoms with Gasteiger partial charge in [0.05, 0.1) is 17.4 Å². The first-order valence-corrected chi connectivity index (χ1v) is 12.5. The number of nitrogens with one attached hydrogen (secondary N) is 3. The van der Waals surface area contributed by atoms with Gasteiger partial charge in [-0.3, -0.25) is 4.79 Å². The van der Waals surface area contributed by atoms with Crippen LogP contribution in [-0.4, -0.2) is 46.2 Å². The zero-order chi connectivity index (χ0) is 25.9. The van der Waals surface area contributed by atoms with Crippen molar-refractivity contribution < 1.29 is 23.1 Å². The molecule has 36 heavy (non-hydrogen) atoms. The predicted molar refractivity (Wildman–Crippen MR) is 131 cm³/mol. The second-order valence-electron chi connectivity index (χ2n) is 9.53. The molecule has 11 heteroatoms. The second kappa shape index (κ2) is 11.0. The Bertz CT molecular complexity index is 1080. The van der Waals surface area contributed by atoms with Gasteiger partial charge in [-0.25, -0.2) is 9.97 Å². The molecule has 0 radical (unpaired) electrons. The molecule has 6 N–H and O–H groups in total. The number of primary amides is 1. The van der Waals surface area contributed by atoms with E-state index in [1.54, 1.807) is 6.07 Å². The van der Waals surface area contributed by atoms with E-state index in [1.807, 2.05) is 6.92 Å². The Labute approximate surface area is 208 Å². The van der Waals surface area contributed by atoms with Gasteiger partial charge in [-0.1, -0.05) is 13.0 Å². The lowest BCUT2D eigenvalue weighted by atomic mass is 9.86. The molecule has 2 heterocycles. The number of hydrogen-bond donors (Lipinski definition) is 5. The maximum Gasteiger partial charge on any atom is 0.416 e. The van der Waals surface area contributed by atoms with E-state index in [0.29, 0.717) is 56.7 Å². The molecule has 1 aromatic heterocycles. The first-order chi connectivity index (χ1) is 17.2. The van der Waals surface area contributed by atoms with Gasteiger partial charge in [0.1, 0.15) is 5.82 Å². The lowest BCUT2D eigenvalue weighted by Crippen LogP contribution is -2.29. The molecule has 1 aliphatic carbocycles. The first-order valence-electron chi connectivity index (χ1n) is 12.5. The van der Waals surface area contributed by atoms with Crippen molar-refractivity contribution in [3.05, 3.63) is 40.7 Å². The molecule has 1 aromatic carbocycles. The monoisotopic (exact) mass is 506 g/mol. The zero-order valence-electron chi connectivity index (χ0n) is 20.3. The number of rotatable bonds is 7. The van der Waals surface area contributed by atoms with Crippen LogP contribution < -0.4 is 21.7 Å². The number of aryl methyl sites for hydroxylation is 1. The Morgan fingerprint density at radius 3 is 2.42 bits per heavy atom. The number of aliphatic hydroxyl groups is 1. The van der Waals surface area contributed by atoms with Crippen LogP contribution >= 0.6 is 0 Å². The number of carbonyl (C=O) groups excluding carboxylic acids is 1. The van der Waals surface area contributed by atoms with Crippen LogP contribution in [0.1, 0.15) is 78.7 Å². The number of anilines is 3. The first kappa shape index (κ1) is 26.2. The SMILES string of the molecule is CCc1nc(C(N)=O)c(Nc2ccc(C3CCNCC3)c(C(F)(F)F)c2)nc1NC1CCC(O)CC1. The number of carbonyl (C=O) groups is 1. The third kappa shape index (κ3) is 6.07. The molecule has 2 aliphatic rings. The number of aliphatic hydroxyl groups excluding tert-OH is 1. The number of piperidine rings is 1. The highest BCUT2D eigenvalue weighted by molar-refractivity contribution is 5.96. The Balaban J connectivity index is 1.67. The molecule has 0 unspecified atom stereocenters. The summed E-state index contributed by atoms with van der Waals surface area (Å²) < 4.78 is 42.0. The fourth-order valence-electron chi connectivity index (χ4n) is 5.01. The van der Waals surface area contributed by atoms with Crippen LogP contribution in [0.3, 0.4) is 0 Å². The number of alkyl halides is 3. The molecule has 0 atom stereocenters. The van der Waals surface area contributed by atoms with Gasteiger partial charge in [0.15, 0.2) is 11.5 Å². The Morgan fingerprint density at radius 1 is 1.11 bits per heavy atom. The van der Waals surface area contributed by atoms with Crippen molar-refractivity contribution in [3.8, 4) is 0 Å². The average Bonchev–Trinajstić information content (AvgIpc) is 2.85. The number of nitrogens with two attached hydrogens (primary N) is 1. The Morgan fingerprint density at radius 2 is 1.81 bits per heavy atom. The Hall–Kier alpha value is -2.92. The third-order valence-corrected chi connectivity index (χ3v) is 6.97. The topological polar surface area (TPSA) is 125 Å². The van der Waals surface area contributed by atoms with E-state index in [1.165, 1.54) is 6.07 Å². The van der Waals surface area contributed by atoms with Gasteiger partial charge in [-0.05, 0) is 81.6 Å². The lowest BCUT2D eigenvalue weighted by molar-refractivity contribution is -0.138. The van der Waals surface area contributed by atoms with E-state index < -0.39 is 17.6 Å². The second-order valence-corrected chi connectivity index (χ2v) is 9.53. The largest absolute Gasteiger partial charge is 0.416 e. The van der Waals surface area contributed by atoms with Crippen LogP contribution in [0.15, 0.2) is 18.2 Å². The number of nitrogens with zero attached hydrogens (tertiary/aromatic N) is 2. The molecule has 2 aromatic rings. The molecule has 2 fully saturated rings. The molecule has 1 saturated heterocycles. The van der Waals surface area contributed by atoms with Gasteiger partial charge in [0.2, 0.25) is 0 Å². The van der Waals surface area contributed by atoms with Crippen molar-refractivity contribution in [2.24, 2.45) is 5.73 Å². The molecule has 0 spiro atoms. The number of aromatic nitrogens is 2. The Kier molecular flexibility index (Phi) is 7.99. The summed E-state index contributed by atoms with van der Waals surface area (Å²) in [7, 11) is 0. The van der Waals surface area contributed by atoms with Crippen LogP contribution in [0.4, 0.5) is 30.5 Å².